The molecule has 0 radical (unpaired) electrons. The summed E-state index contributed by atoms with van der Waals surface area (Å²) in [4.78, 5) is 25.9. The fraction of sp³-hybridized carbons (Fsp3) is 0.120. The third-order valence-corrected chi connectivity index (χ3v) is 6.12. The summed E-state index contributed by atoms with van der Waals surface area (Å²) in [5, 5.41) is 18.1. The number of hydrogen-bond donors (Lipinski definition) is 3. The standard InChI is InChI=1S/C25H22ClN5O3S/c1-34-20-9-5-8-19(15-20)27-24(33)28-21(14-16-6-3-2-4-7-16)22(32)29-25-31-30-23(35-25)17-10-12-18(26)13-11-17/h2-13,15,21H,14H2,1H3,(H2,27,28,33)(H,29,31,32)/t21-/m1/s1. The molecule has 4 rings (SSSR count). The second-order valence-corrected chi connectivity index (χ2v) is 8.90. The van der Waals surface area contributed by atoms with Crippen LogP contribution < -0.4 is 20.7 Å². The van der Waals surface area contributed by atoms with Crippen LogP contribution >= 0.6 is 22.9 Å². The van der Waals surface area contributed by atoms with E-state index in [1.54, 1.807) is 43.5 Å². The highest BCUT2D eigenvalue weighted by atomic mass is 35.5. The Labute approximate surface area is 211 Å². The van der Waals surface area contributed by atoms with E-state index in [0.717, 1.165) is 11.1 Å². The summed E-state index contributed by atoms with van der Waals surface area (Å²) in [5.74, 6) is 0.197. The number of anilines is 2. The Morgan fingerprint density at radius 2 is 1.74 bits per heavy atom. The van der Waals surface area contributed by atoms with Crippen molar-refractivity contribution in [3.8, 4) is 16.3 Å². The minimum absolute atomic E-state index is 0.293. The molecule has 178 valence electrons. The van der Waals surface area contributed by atoms with Gasteiger partial charge in [-0.2, -0.15) is 0 Å². The lowest BCUT2D eigenvalue weighted by Crippen LogP contribution is -2.46. The average Bonchev–Trinajstić information content (AvgIpc) is 3.33. The van der Waals surface area contributed by atoms with E-state index in [1.807, 2.05) is 42.5 Å². The highest BCUT2D eigenvalue weighted by Gasteiger charge is 2.23. The Morgan fingerprint density at radius 3 is 2.49 bits per heavy atom. The number of benzene rings is 3. The Kier molecular flexibility index (Phi) is 7.92. The zero-order valence-electron chi connectivity index (χ0n) is 18.7. The van der Waals surface area contributed by atoms with Gasteiger partial charge in [0.05, 0.1) is 7.11 Å². The predicted molar refractivity (Wildman–Crippen MR) is 138 cm³/mol. The number of carbonyl (C=O) groups is 2. The third-order valence-electron chi connectivity index (χ3n) is 4.98. The van der Waals surface area contributed by atoms with E-state index in [9.17, 15) is 9.59 Å². The first-order chi connectivity index (χ1) is 17.0. The van der Waals surface area contributed by atoms with Crippen LogP contribution in [0.25, 0.3) is 10.6 Å². The monoisotopic (exact) mass is 507 g/mol. The second kappa shape index (κ2) is 11.5. The lowest BCUT2D eigenvalue weighted by molar-refractivity contribution is -0.117. The van der Waals surface area contributed by atoms with E-state index in [-0.39, 0.29) is 0 Å². The van der Waals surface area contributed by atoms with E-state index >= 15 is 0 Å². The molecule has 3 amide bonds. The van der Waals surface area contributed by atoms with Gasteiger partial charge < -0.3 is 15.4 Å². The van der Waals surface area contributed by atoms with Gasteiger partial charge in [-0.15, -0.1) is 10.2 Å². The van der Waals surface area contributed by atoms with E-state index in [0.29, 0.717) is 33.0 Å². The molecule has 0 spiro atoms. The molecule has 0 saturated heterocycles. The van der Waals surface area contributed by atoms with Crippen molar-refractivity contribution in [1.29, 1.82) is 0 Å². The van der Waals surface area contributed by atoms with Crippen molar-refractivity contribution in [3.63, 3.8) is 0 Å². The van der Waals surface area contributed by atoms with Crippen LogP contribution in [0.4, 0.5) is 15.6 Å². The zero-order valence-corrected chi connectivity index (χ0v) is 20.3. The number of amides is 3. The summed E-state index contributed by atoms with van der Waals surface area (Å²) in [7, 11) is 1.55. The molecule has 0 aliphatic carbocycles. The number of hydrogen-bond acceptors (Lipinski definition) is 6. The second-order valence-electron chi connectivity index (χ2n) is 7.48. The van der Waals surface area contributed by atoms with Gasteiger partial charge in [0.1, 0.15) is 16.8 Å². The van der Waals surface area contributed by atoms with Gasteiger partial charge >= 0.3 is 6.03 Å². The fourth-order valence-electron chi connectivity index (χ4n) is 3.26. The number of nitrogens with one attached hydrogen (secondary N) is 3. The molecule has 0 saturated carbocycles. The van der Waals surface area contributed by atoms with Crippen molar-refractivity contribution in [2.75, 3.05) is 17.7 Å². The first-order valence-corrected chi connectivity index (χ1v) is 11.9. The van der Waals surface area contributed by atoms with Crippen LogP contribution in [0.15, 0.2) is 78.9 Å². The molecule has 3 aromatic carbocycles. The minimum Gasteiger partial charge on any atom is -0.497 e. The smallest absolute Gasteiger partial charge is 0.319 e. The summed E-state index contributed by atoms with van der Waals surface area (Å²) < 4.78 is 5.19. The quantitative estimate of drug-likeness (QED) is 0.302. The highest BCUT2D eigenvalue weighted by Crippen LogP contribution is 2.27. The van der Waals surface area contributed by atoms with Gasteiger partial charge in [0.25, 0.3) is 0 Å². The van der Waals surface area contributed by atoms with Gasteiger partial charge in [-0.3, -0.25) is 10.1 Å². The maximum absolute atomic E-state index is 13.1. The summed E-state index contributed by atoms with van der Waals surface area (Å²) in [6, 6.07) is 22.2. The van der Waals surface area contributed by atoms with Crippen LogP contribution in [0.2, 0.25) is 5.02 Å². The first kappa shape index (κ1) is 24.2. The van der Waals surface area contributed by atoms with Crippen molar-refractivity contribution in [3.05, 3.63) is 89.4 Å². The van der Waals surface area contributed by atoms with Gasteiger partial charge in [0.15, 0.2) is 0 Å². The number of rotatable bonds is 8. The molecule has 10 heteroatoms. The molecule has 3 N–H and O–H groups in total. The number of aromatic nitrogens is 2. The molecule has 1 atom stereocenters. The van der Waals surface area contributed by atoms with Crippen molar-refractivity contribution < 1.29 is 14.3 Å². The van der Waals surface area contributed by atoms with E-state index in [4.69, 9.17) is 16.3 Å². The number of nitrogens with zero attached hydrogens (tertiary/aromatic N) is 2. The summed E-state index contributed by atoms with van der Waals surface area (Å²) in [5.41, 5.74) is 2.27. The van der Waals surface area contributed by atoms with Crippen LogP contribution in [-0.2, 0) is 11.2 Å². The first-order valence-electron chi connectivity index (χ1n) is 10.7. The van der Waals surface area contributed by atoms with Crippen LogP contribution in [0.1, 0.15) is 5.56 Å². The molecule has 35 heavy (non-hydrogen) atoms. The number of ether oxygens (including phenoxy) is 1. The largest absolute Gasteiger partial charge is 0.497 e. The minimum atomic E-state index is -0.856. The zero-order chi connectivity index (χ0) is 24.6. The predicted octanol–water partition coefficient (Wildman–Crippen LogP) is 5.24. The maximum atomic E-state index is 13.1. The summed E-state index contributed by atoms with van der Waals surface area (Å²) >= 11 is 7.18. The number of urea groups is 1. The van der Waals surface area contributed by atoms with Gasteiger partial charge in [-0.1, -0.05) is 71.5 Å². The van der Waals surface area contributed by atoms with Crippen molar-refractivity contribution in [1.82, 2.24) is 15.5 Å². The van der Waals surface area contributed by atoms with E-state index < -0.39 is 18.0 Å². The SMILES string of the molecule is COc1cccc(NC(=O)N[C@H](Cc2ccccc2)C(=O)Nc2nnc(-c3ccc(Cl)cc3)s2)c1. The van der Waals surface area contributed by atoms with Crippen LogP contribution in [-0.4, -0.2) is 35.3 Å². The molecular formula is C25H22ClN5O3S. The molecule has 0 bridgehead atoms. The molecule has 0 unspecified atom stereocenters. The van der Waals surface area contributed by atoms with E-state index in [1.165, 1.54) is 11.3 Å². The molecule has 8 nitrogen and oxygen atoms in total. The number of halogens is 1. The topological polar surface area (TPSA) is 105 Å². The van der Waals surface area contributed by atoms with Gasteiger partial charge in [0.2, 0.25) is 11.0 Å². The van der Waals surface area contributed by atoms with Crippen molar-refractivity contribution >= 4 is 45.7 Å². The molecule has 1 heterocycles. The van der Waals surface area contributed by atoms with Gasteiger partial charge in [-0.05, 0) is 29.8 Å². The normalized spacial score (nSPS) is 11.4. The fourth-order valence-corrected chi connectivity index (χ4v) is 4.14. The molecule has 0 fully saturated rings. The average molecular weight is 508 g/mol. The number of carbonyl (C=O) groups excluding carboxylic acids is 2. The molecule has 0 aliphatic heterocycles. The van der Waals surface area contributed by atoms with Crippen molar-refractivity contribution in [2.45, 2.75) is 12.5 Å². The van der Waals surface area contributed by atoms with Crippen LogP contribution in [0, 0.1) is 0 Å². The third kappa shape index (κ3) is 6.78. The Bertz CT molecular complexity index is 1300. The Balaban J connectivity index is 1.47. The van der Waals surface area contributed by atoms with Crippen molar-refractivity contribution in [2.24, 2.45) is 0 Å². The van der Waals surface area contributed by atoms with E-state index in [2.05, 4.69) is 26.1 Å². The maximum Gasteiger partial charge on any atom is 0.319 e. The summed E-state index contributed by atoms with van der Waals surface area (Å²) in [6.07, 6.45) is 0.293. The van der Waals surface area contributed by atoms with Crippen LogP contribution in [0.5, 0.6) is 5.75 Å². The van der Waals surface area contributed by atoms with Crippen LogP contribution in [0.3, 0.4) is 0 Å². The summed E-state index contributed by atoms with van der Waals surface area (Å²) in [6.45, 7) is 0. The lowest BCUT2D eigenvalue weighted by Gasteiger charge is -2.18. The Morgan fingerprint density at radius 1 is 0.971 bits per heavy atom. The highest BCUT2D eigenvalue weighted by molar-refractivity contribution is 7.18. The molecule has 0 aliphatic rings. The number of methoxy groups -OCH3 is 1. The molecule has 4 aromatic rings. The molecular weight excluding hydrogens is 486 g/mol. The van der Waals surface area contributed by atoms with Gasteiger partial charge in [0, 0.05) is 28.8 Å². The van der Waals surface area contributed by atoms with Gasteiger partial charge in [-0.25, -0.2) is 4.79 Å². The lowest BCUT2D eigenvalue weighted by atomic mass is 10.1. The Hall–Kier alpha value is -3.95. The molecule has 1 aromatic heterocycles.